The van der Waals surface area contributed by atoms with Gasteiger partial charge in [-0.15, -0.1) is 0 Å². The largest absolute Gasteiger partial charge is 2.00 e. The summed E-state index contributed by atoms with van der Waals surface area (Å²) in [6.07, 6.45) is 2.64. The molecule has 2 saturated heterocycles. The van der Waals surface area contributed by atoms with Crippen molar-refractivity contribution in [2.75, 3.05) is 79.5 Å². The minimum absolute atomic E-state index is 0. The fraction of sp³-hybridized carbons (Fsp3) is 1.00. The van der Waals surface area contributed by atoms with Gasteiger partial charge in [-0.3, -0.25) is 0 Å². The Morgan fingerprint density at radius 1 is 0.474 bits per heavy atom. The van der Waals surface area contributed by atoms with Crippen LogP contribution in [0.3, 0.4) is 0 Å². The summed E-state index contributed by atoms with van der Waals surface area (Å²) in [5, 5.41) is 0. The molecule has 0 spiro atoms. The van der Waals surface area contributed by atoms with Gasteiger partial charge in [0.25, 0.3) is 0 Å². The number of rotatable bonds is 0. The summed E-state index contributed by atoms with van der Waals surface area (Å²) in [4.78, 5) is 10.3. The number of fused-ring (bicyclic) bond motifs is 3. The third kappa shape index (κ3) is 6.56. The number of hydrogen-bond donors (Lipinski definition) is 0. The van der Waals surface area contributed by atoms with Crippen molar-refractivity contribution in [3.05, 3.63) is 0 Å². The monoisotopic (exact) mass is 309 g/mol. The van der Waals surface area contributed by atoms with Gasteiger partial charge in [-0.2, -0.15) is 0 Å². The molecule has 0 aliphatic carbocycles. The second kappa shape index (κ2) is 9.32. The maximum Gasteiger partial charge on any atom is 2.00 e. The van der Waals surface area contributed by atoms with Crippen LogP contribution in [-0.4, -0.2) is 99.1 Å². The smallest absolute Gasteiger partial charge is 0.305 e. The normalized spacial score (nSPS) is 32.5. The molecule has 0 saturated carbocycles. The average molecular weight is 309 g/mol. The van der Waals surface area contributed by atoms with E-state index in [0.29, 0.717) is 0 Å². The zero-order chi connectivity index (χ0) is 12.8. The molecule has 19 heavy (non-hydrogen) atoms. The summed E-state index contributed by atoms with van der Waals surface area (Å²) in [7, 11) is 4.54. The third-order valence-electron chi connectivity index (χ3n) is 4.36. The first-order chi connectivity index (χ1) is 8.74. The first-order valence-corrected chi connectivity index (χ1v) is 7.56. The van der Waals surface area contributed by atoms with Crippen LogP contribution in [0.4, 0.5) is 0 Å². The van der Waals surface area contributed by atoms with E-state index >= 15 is 0 Å². The van der Waals surface area contributed by atoms with E-state index in [1.165, 1.54) is 78.3 Å². The molecule has 5 heteroatoms. The summed E-state index contributed by atoms with van der Waals surface area (Å²) in [6.45, 7) is 12.5. The molecule has 2 aliphatic heterocycles. The van der Waals surface area contributed by atoms with Gasteiger partial charge in [0, 0.05) is 39.3 Å². The number of likely N-dealkylation sites (N-methyl/N-ethyl adjacent to an activating group) is 2. The Bertz CT molecular complexity index is 215. The number of hydrogen-bond acceptors (Lipinski definition) is 4. The van der Waals surface area contributed by atoms with Crippen LogP contribution in [0, 0.1) is 0 Å². The minimum Gasteiger partial charge on any atom is -0.305 e. The standard InChI is InChI=1S/C14H30N4.Mn/c1-15-5-3-7-18-12-10-16(2)6-4-8-17(11-9-15)13-14-18;/h3-14H2,1-2H3;/q;+2. The zero-order valence-corrected chi connectivity index (χ0v) is 13.8. The Morgan fingerprint density at radius 3 is 1.26 bits per heavy atom. The molecule has 2 bridgehead atoms. The van der Waals surface area contributed by atoms with Crippen molar-refractivity contribution in [3.63, 3.8) is 0 Å². The molecule has 2 fully saturated rings. The molecule has 111 valence electrons. The van der Waals surface area contributed by atoms with Crippen LogP contribution in [0.15, 0.2) is 0 Å². The predicted molar refractivity (Wildman–Crippen MR) is 77.1 cm³/mol. The number of nitrogens with zero attached hydrogens (tertiary/aromatic N) is 4. The molecule has 0 aromatic rings. The quantitative estimate of drug-likeness (QED) is 0.595. The Hall–Kier alpha value is 0.359. The molecule has 0 aromatic carbocycles. The second-order valence-electron chi connectivity index (χ2n) is 6.00. The Kier molecular flexibility index (Phi) is 8.54. The van der Waals surface area contributed by atoms with Crippen molar-refractivity contribution in [2.45, 2.75) is 12.8 Å². The van der Waals surface area contributed by atoms with E-state index in [0.717, 1.165) is 0 Å². The summed E-state index contributed by atoms with van der Waals surface area (Å²) in [5.41, 5.74) is 0. The molecule has 0 aromatic heterocycles. The van der Waals surface area contributed by atoms with Gasteiger partial charge in [-0.1, -0.05) is 0 Å². The molecule has 0 N–H and O–H groups in total. The Morgan fingerprint density at radius 2 is 0.842 bits per heavy atom. The van der Waals surface area contributed by atoms with Crippen LogP contribution in [0.2, 0.25) is 0 Å². The average Bonchev–Trinajstić information content (AvgIpc) is 2.37. The Labute approximate surface area is 129 Å². The first kappa shape index (κ1) is 17.4. The molecule has 4 nitrogen and oxygen atoms in total. The van der Waals surface area contributed by atoms with E-state index in [2.05, 4.69) is 33.7 Å². The van der Waals surface area contributed by atoms with Crippen molar-refractivity contribution in [3.8, 4) is 0 Å². The molecule has 0 amide bonds. The maximum absolute atomic E-state index is 2.66. The third-order valence-corrected chi connectivity index (χ3v) is 4.36. The van der Waals surface area contributed by atoms with Crippen LogP contribution in [0.25, 0.3) is 0 Å². The maximum atomic E-state index is 2.66. The van der Waals surface area contributed by atoms with Gasteiger partial charge < -0.3 is 19.6 Å². The van der Waals surface area contributed by atoms with Crippen molar-refractivity contribution in [1.29, 1.82) is 0 Å². The van der Waals surface area contributed by atoms with Crippen molar-refractivity contribution in [1.82, 2.24) is 19.6 Å². The predicted octanol–water partition coefficient (Wildman–Crippen LogP) is 0.259. The summed E-state index contributed by atoms with van der Waals surface area (Å²) in [6, 6.07) is 0. The van der Waals surface area contributed by atoms with Gasteiger partial charge >= 0.3 is 17.1 Å². The van der Waals surface area contributed by atoms with Crippen molar-refractivity contribution in [2.24, 2.45) is 0 Å². The van der Waals surface area contributed by atoms with Crippen LogP contribution < -0.4 is 0 Å². The van der Waals surface area contributed by atoms with E-state index in [-0.39, 0.29) is 17.1 Å². The van der Waals surface area contributed by atoms with Gasteiger partial charge in [0.05, 0.1) is 0 Å². The molecule has 2 aliphatic rings. The first-order valence-electron chi connectivity index (χ1n) is 7.56. The van der Waals surface area contributed by atoms with E-state index in [1.54, 1.807) is 0 Å². The molecule has 1 radical (unpaired) electrons. The van der Waals surface area contributed by atoms with Crippen molar-refractivity contribution < 1.29 is 17.1 Å². The van der Waals surface area contributed by atoms with Gasteiger partial charge in [-0.25, -0.2) is 0 Å². The second-order valence-corrected chi connectivity index (χ2v) is 6.00. The molecular weight excluding hydrogens is 279 g/mol. The zero-order valence-electron chi connectivity index (χ0n) is 12.7. The van der Waals surface area contributed by atoms with E-state index < -0.39 is 0 Å². The van der Waals surface area contributed by atoms with Gasteiger partial charge in [0.15, 0.2) is 0 Å². The van der Waals surface area contributed by atoms with Gasteiger partial charge in [-0.05, 0) is 53.1 Å². The van der Waals surface area contributed by atoms with Crippen LogP contribution in [0.5, 0.6) is 0 Å². The molecular formula is C14H30MnN4+2. The molecule has 2 rings (SSSR count). The molecule has 2 atom stereocenters. The van der Waals surface area contributed by atoms with Crippen LogP contribution in [-0.2, 0) is 17.1 Å². The van der Waals surface area contributed by atoms with Gasteiger partial charge in [0.1, 0.15) is 0 Å². The SMILES string of the molecule is CN1CCCN2CCN(C)CCCN(CC1)CC2.[Mn+2]. The molecule has 2 unspecified atom stereocenters. The van der Waals surface area contributed by atoms with E-state index in [4.69, 9.17) is 0 Å². The van der Waals surface area contributed by atoms with Crippen LogP contribution in [0.1, 0.15) is 12.8 Å². The summed E-state index contributed by atoms with van der Waals surface area (Å²) in [5.74, 6) is 0. The van der Waals surface area contributed by atoms with E-state index in [1.807, 2.05) is 0 Å². The van der Waals surface area contributed by atoms with Crippen molar-refractivity contribution >= 4 is 0 Å². The molecule has 2 heterocycles. The topological polar surface area (TPSA) is 13.0 Å². The Balaban J connectivity index is 0.00000180. The summed E-state index contributed by atoms with van der Waals surface area (Å²) >= 11 is 0. The van der Waals surface area contributed by atoms with Gasteiger partial charge in [0.2, 0.25) is 0 Å². The fourth-order valence-corrected chi connectivity index (χ4v) is 2.93. The van der Waals surface area contributed by atoms with Crippen LogP contribution >= 0.6 is 0 Å². The minimum atomic E-state index is 0. The fourth-order valence-electron chi connectivity index (χ4n) is 2.93. The van der Waals surface area contributed by atoms with E-state index in [9.17, 15) is 0 Å². The summed E-state index contributed by atoms with van der Waals surface area (Å²) < 4.78 is 0.